The summed E-state index contributed by atoms with van der Waals surface area (Å²) in [7, 11) is 0. The standard InChI is InChI=1S/C18H13NO5/c20-17-11(1-2-14-18(17)24-9-21-14)5-13-12-7-16-15(22-8-23-16)6-10(12)3-4-19-13/h1-4,6-7,20H,5,8-9H2. The van der Waals surface area contributed by atoms with E-state index in [1.165, 1.54) is 0 Å². The van der Waals surface area contributed by atoms with Crippen molar-refractivity contribution in [2.75, 3.05) is 13.6 Å². The van der Waals surface area contributed by atoms with Crippen LogP contribution in [0.5, 0.6) is 28.7 Å². The minimum absolute atomic E-state index is 0.101. The van der Waals surface area contributed by atoms with E-state index in [1.807, 2.05) is 24.3 Å². The highest BCUT2D eigenvalue weighted by Crippen LogP contribution is 2.43. The lowest BCUT2D eigenvalue weighted by Gasteiger charge is -2.09. The molecule has 0 bridgehead atoms. The molecule has 120 valence electrons. The first-order valence-corrected chi connectivity index (χ1v) is 7.57. The first-order valence-electron chi connectivity index (χ1n) is 7.57. The quantitative estimate of drug-likeness (QED) is 0.782. The van der Waals surface area contributed by atoms with Gasteiger partial charge in [-0.05, 0) is 29.7 Å². The number of nitrogens with zero attached hydrogens (tertiary/aromatic N) is 1. The number of hydrogen-bond donors (Lipinski definition) is 1. The molecule has 0 spiro atoms. The molecule has 2 aromatic carbocycles. The lowest BCUT2D eigenvalue weighted by atomic mass is 10.0. The molecular formula is C18H13NO5. The zero-order chi connectivity index (χ0) is 16.1. The van der Waals surface area contributed by atoms with Crippen LogP contribution in [0, 0.1) is 0 Å². The number of pyridine rings is 1. The molecule has 0 fully saturated rings. The molecule has 1 aromatic heterocycles. The van der Waals surface area contributed by atoms with E-state index in [-0.39, 0.29) is 19.3 Å². The molecule has 24 heavy (non-hydrogen) atoms. The van der Waals surface area contributed by atoms with Crippen LogP contribution in [0.3, 0.4) is 0 Å². The molecule has 1 N–H and O–H groups in total. The van der Waals surface area contributed by atoms with Crippen molar-refractivity contribution in [3.63, 3.8) is 0 Å². The van der Waals surface area contributed by atoms with E-state index in [4.69, 9.17) is 18.9 Å². The summed E-state index contributed by atoms with van der Waals surface area (Å²) in [5.74, 6) is 2.51. The predicted octanol–water partition coefficient (Wildman–Crippen LogP) is 2.99. The molecule has 3 heterocycles. The fourth-order valence-corrected chi connectivity index (χ4v) is 3.08. The van der Waals surface area contributed by atoms with Crippen LogP contribution in [0.1, 0.15) is 11.3 Å². The van der Waals surface area contributed by atoms with Gasteiger partial charge in [0.2, 0.25) is 19.3 Å². The van der Waals surface area contributed by atoms with Gasteiger partial charge in [0.15, 0.2) is 23.0 Å². The molecular weight excluding hydrogens is 310 g/mol. The lowest BCUT2D eigenvalue weighted by molar-refractivity contribution is 0.171. The van der Waals surface area contributed by atoms with Gasteiger partial charge in [0.25, 0.3) is 0 Å². The number of rotatable bonds is 2. The Morgan fingerprint density at radius 3 is 2.62 bits per heavy atom. The Labute approximate surface area is 137 Å². The van der Waals surface area contributed by atoms with E-state index in [9.17, 15) is 5.11 Å². The molecule has 6 nitrogen and oxygen atoms in total. The topological polar surface area (TPSA) is 70.0 Å². The SMILES string of the molecule is Oc1c(Cc2nccc3cc4c(cc23)OCO4)ccc2c1OCO2. The van der Waals surface area contributed by atoms with E-state index >= 15 is 0 Å². The van der Waals surface area contributed by atoms with Crippen LogP contribution in [0.4, 0.5) is 0 Å². The van der Waals surface area contributed by atoms with Crippen molar-refractivity contribution in [1.29, 1.82) is 0 Å². The molecule has 3 aromatic rings. The number of benzene rings is 2. The predicted molar refractivity (Wildman–Crippen MR) is 84.9 cm³/mol. The fraction of sp³-hybridized carbons (Fsp3) is 0.167. The summed E-state index contributed by atoms with van der Waals surface area (Å²) in [6.45, 7) is 0.361. The average molecular weight is 323 g/mol. The Bertz CT molecular complexity index is 969. The molecule has 0 saturated carbocycles. The second-order valence-corrected chi connectivity index (χ2v) is 5.67. The van der Waals surface area contributed by atoms with Crippen molar-refractivity contribution in [2.24, 2.45) is 0 Å². The summed E-state index contributed by atoms with van der Waals surface area (Å²) in [5, 5.41) is 12.4. The van der Waals surface area contributed by atoms with E-state index in [0.717, 1.165) is 27.8 Å². The Kier molecular flexibility index (Phi) is 2.73. The molecule has 6 heteroatoms. The summed E-state index contributed by atoms with van der Waals surface area (Å²) in [5.41, 5.74) is 1.58. The summed E-state index contributed by atoms with van der Waals surface area (Å²) in [4.78, 5) is 4.48. The minimum Gasteiger partial charge on any atom is -0.504 e. The first kappa shape index (κ1) is 13.3. The van der Waals surface area contributed by atoms with E-state index in [2.05, 4.69) is 4.98 Å². The zero-order valence-electron chi connectivity index (χ0n) is 12.6. The van der Waals surface area contributed by atoms with Gasteiger partial charge in [-0.25, -0.2) is 0 Å². The van der Waals surface area contributed by atoms with Crippen LogP contribution >= 0.6 is 0 Å². The zero-order valence-corrected chi connectivity index (χ0v) is 12.6. The van der Waals surface area contributed by atoms with Gasteiger partial charge < -0.3 is 24.1 Å². The summed E-state index contributed by atoms with van der Waals surface area (Å²) in [6, 6.07) is 9.44. The highest BCUT2D eigenvalue weighted by atomic mass is 16.7. The van der Waals surface area contributed by atoms with Gasteiger partial charge in [0.1, 0.15) is 0 Å². The van der Waals surface area contributed by atoms with Crippen LogP contribution < -0.4 is 18.9 Å². The van der Waals surface area contributed by atoms with Gasteiger partial charge in [-0.15, -0.1) is 0 Å². The highest BCUT2D eigenvalue weighted by Gasteiger charge is 2.22. The number of fused-ring (bicyclic) bond motifs is 3. The van der Waals surface area contributed by atoms with Crippen LogP contribution in [-0.4, -0.2) is 23.7 Å². The maximum Gasteiger partial charge on any atom is 0.231 e. The second kappa shape index (κ2) is 4.92. The third-order valence-corrected chi connectivity index (χ3v) is 4.29. The average Bonchev–Trinajstić information content (AvgIpc) is 3.24. The van der Waals surface area contributed by atoms with Gasteiger partial charge in [-0.1, -0.05) is 6.07 Å². The molecule has 0 aliphatic carbocycles. The number of aromatic hydroxyl groups is 1. The van der Waals surface area contributed by atoms with Crippen molar-refractivity contribution in [1.82, 2.24) is 4.98 Å². The number of phenolic OH excluding ortho intramolecular Hbond substituents is 1. The maximum atomic E-state index is 10.4. The maximum absolute atomic E-state index is 10.4. The molecule has 0 amide bonds. The molecule has 2 aliphatic rings. The van der Waals surface area contributed by atoms with Crippen LogP contribution in [-0.2, 0) is 6.42 Å². The highest BCUT2D eigenvalue weighted by molar-refractivity contribution is 5.88. The summed E-state index contributed by atoms with van der Waals surface area (Å²) >= 11 is 0. The third-order valence-electron chi connectivity index (χ3n) is 4.29. The molecule has 0 saturated heterocycles. The number of hydrogen-bond acceptors (Lipinski definition) is 6. The molecule has 5 rings (SSSR count). The van der Waals surface area contributed by atoms with Crippen molar-refractivity contribution >= 4 is 10.8 Å². The number of phenols is 1. The first-order chi connectivity index (χ1) is 11.8. The van der Waals surface area contributed by atoms with Gasteiger partial charge >= 0.3 is 0 Å². The van der Waals surface area contributed by atoms with E-state index < -0.39 is 0 Å². The molecule has 0 atom stereocenters. The Morgan fingerprint density at radius 2 is 1.71 bits per heavy atom. The lowest BCUT2D eigenvalue weighted by Crippen LogP contribution is -1.95. The van der Waals surface area contributed by atoms with Gasteiger partial charge in [0, 0.05) is 23.6 Å². The monoisotopic (exact) mass is 323 g/mol. The Balaban J connectivity index is 1.60. The Morgan fingerprint density at radius 1 is 0.917 bits per heavy atom. The summed E-state index contributed by atoms with van der Waals surface area (Å²) < 4.78 is 21.5. The smallest absolute Gasteiger partial charge is 0.231 e. The minimum atomic E-state index is 0.101. The van der Waals surface area contributed by atoms with Crippen LogP contribution in [0.15, 0.2) is 36.5 Å². The van der Waals surface area contributed by atoms with Gasteiger partial charge in [0.05, 0.1) is 5.69 Å². The number of aromatic nitrogens is 1. The molecule has 0 unspecified atom stereocenters. The molecule has 0 radical (unpaired) electrons. The van der Waals surface area contributed by atoms with Crippen molar-refractivity contribution in [3.8, 4) is 28.7 Å². The van der Waals surface area contributed by atoms with Crippen molar-refractivity contribution < 1.29 is 24.1 Å². The fourth-order valence-electron chi connectivity index (χ4n) is 3.08. The third kappa shape index (κ3) is 1.93. The van der Waals surface area contributed by atoms with E-state index in [0.29, 0.717) is 23.7 Å². The number of ether oxygens (including phenoxy) is 4. The summed E-state index contributed by atoms with van der Waals surface area (Å²) in [6.07, 6.45) is 2.23. The van der Waals surface area contributed by atoms with Gasteiger partial charge in [-0.3, -0.25) is 4.98 Å². The Hall–Kier alpha value is -3.15. The van der Waals surface area contributed by atoms with Crippen LogP contribution in [0.2, 0.25) is 0 Å². The van der Waals surface area contributed by atoms with Crippen LogP contribution in [0.25, 0.3) is 10.8 Å². The van der Waals surface area contributed by atoms with Gasteiger partial charge in [-0.2, -0.15) is 0 Å². The largest absolute Gasteiger partial charge is 0.504 e. The second-order valence-electron chi connectivity index (χ2n) is 5.67. The van der Waals surface area contributed by atoms with E-state index in [1.54, 1.807) is 12.3 Å². The molecule has 2 aliphatic heterocycles. The normalized spacial score (nSPS) is 14.3. The van der Waals surface area contributed by atoms with Crippen molar-refractivity contribution in [2.45, 2.75) is 6.42 Å². The van der Waals surface area contributed by atoms with Crippen molar-refractivity contribution in [3.05, 3.63) is 47.8 Å².